The predicted octanol–water partition coefficient (Wildman–Crippen LogP) is 1.78. The monoisotopic (exact) mass is 387 g/mol. The smallest absolute Gasteiger partial charge is 0.408 e. The van der Waals surface area contributed by atoms with Gasteiger partial charge in [-0.1, -0.05) is 11.6 Å². The quantitative estimate of drug-likeness (QED) is 0.678. The Kier molecular flexibility index (Phi) is 4.81. The Morgan fingerprint density at radius 3 is 2.63 bits per heavy atom. The second kappa shape index (κ2) is 7.40. The molecule has 0 bridgehead atoms. The van der Waals surface area contributed by atoms with Crippen LogP contribution >= 0.6 is 11.6 Å². The van der Waals surface area contributed by atoms with Crippen molar-refractivity contribution < 1.29 is 9.21 Å². The first-order valence-corrected chi connectivity index (χ1v) is 9.08. The third kappa shape index (κ3) is 3.66. The topological polar surface area (TPSA) is 84.5 Å². The van der Waals surface area contributed by atoms with E-state index >= 15 is 0 Å². The fourth-order valence-electron chi connectivity index (χ4n) is 3.23. The first kappa shape index (κ1) is 17.5. The SMILES string of the molecule is O=C(CCn1c(=O)oc2cc(Cl)ccc21)N1CCN(c2ncccn2)CC1. The van der Waals surface area contributed by atoms with Crippen molar-refractivity contribution in [2.75, 3.05) is 31.1 Å². The fraction of sp³-hybridized carbons (Fsp3) is 0.333. The molecule has 0 radical (unpaired) electrons. The number of nitrogens with zero attached hydrogens (tertiary/aromatic N) is 5. The number of fused-ring (bicyclic) bond motifs is 1. The molecule has 4 rings (SSSR count). The summed E-state index contributed by atoms with van der Waals surface area (Å²) in [6.45, 7) is 2.85. The van der Waals surface area contributed by atoms with Crippen molar-refractivity contribution >= 4 is 34.6 Å². The minimum Gasteiger partial charge on any atom is -0.408 e. The lowest BCUT2D eigenvalue weighted by Crippen LogP contribution is -2.49. The summed E-state index contributed by atoms with van der Waals surface area (Å²) in [5.74, 6) is 0.213. The number of carbonyl (C=O) groups excluding carboxylic acids is 1. The van der Waals surface area contributed by atoms with Crippen LogP contribution in [0, 0.1) is 0 Å². The lowest BCUT2D eigenvalue weighted by molar-refractivity contribution is -0.131. The van der Waals surface area contributed by atoms with Gasteiger partial charge in [0.05, 0.1) is 5.52 Å². The van der Waals surface area contributed by atoms with Crippen molar-refractivity contribution in [1.29, 1.82) is 0 Å². The van der Waals surface area contributed by atoms with Gasteiger partial charge in [0, 0.05) is 62.6 Å². The molecule has 0 N–H and O–H groups in total. The maximum absolute atomic E-state index is 12.5. The Morgan fingerprint density at radius 1 is 1.15 bits per heavy atom. The zero-order valence-corrected chi connectivity index (χ0v) is 15.3. The second-order valence-electron chi connectivity index (χ2n) is 6.30. The van der Waals surface area contributed by atoms with Crippen molar-refractivity contribution in [1.82, 2.24) is 19.4 Å². The van der Waals surface area contributed by atoms with Crippen LogP contribution in [-0.2, 0) is 11.3 Å². The van der Waals surface area contributed by atoms with Gasteiger partial charge >= 0.3 is 5.76 Å². The van der Waals surface area contributed by atoms with Gasteiger partial charge in [-0.2, -0.15) is 0 Å². The van der Waals surface area contributed by atoms with Gasteiger partial charge in [0.15, 0.2) is 5.58 Å². The van der Waals surface area contributed by atoms with Gasteiger partial charge in [0.25, 0.3) is 0 Å². The zero-order valence-electron chi connectivity index (χ0n) is 14.5. The number of oxazole rings is 1. The summed E-state index contributed by atoms with van der Waals surface area (Å²) in [6, 6.07) is 6.80. The number of anilines is 1. The molecule has 0 spiro atoms. The molecule has 1 aliphatic rings. The molecule has 27 heavy (non-hydrogen) atoms. The standard InChI is InChI=1S/C18H18ClN5O3/c19-13-2-3-14-15(12-13)27-18(26)24(14)7-4-16(25)22-8-10-23(11-9-22)17-20-5-1-6-21-17/h1-3,5-6,12H,4,7-11H2. The average molecular weight is 388 g/mol. The number of piperazine rings is 1. The highest BCUT2D eigenvalue weighted by Gasteiger charge is 2.22. The third-order valence-corrected chi connectivity index (χ3v) is 4.88. The lowest BCUT2D eigenvalue weighted by atomic mass is 10.2. The van der Waals surface area contributed by atoms with E-state index in [-0.39, 0.29) is 18.9 Å². The number of aryl methyl sites for hydroxylation is 1. The zero-order chi connectivity index (χ0) is 18.8. The van der Waals surface area contributed by atoms with E-state index in [0.29, 0.717) is 48.2 Å². The molecule has 1 amide bonds. The molecule has 8 nitrogen and oxygen atoms in total. The molecule has 2 aromatic heterocycles. The highest BCUT2D eigenvalue weighted by molar-refractivity contribution is 6.31. The number of halogens is 1. The molecule has 9 heteroatoms. The van der Waals surface area contributed by atoms with Crippen LogP contribution in [0.2, 0.25) is 5.02 Å². The van der Waals surface area contributed by atoms with E-state index in [2.05, 4.69) is 14.9 Å². The molecule has 140 valence electrons. The van der Waals surface area contributed by atoms with E-state index in [4.69, 9.17) is 16.0 Å². The fourth-order valence-corrected chi connectivity index (χ4v) is 3.39. The Balaban J connectivity index is 1.37. The normalized spacial score (nSPS) is 14.7. The number of hydrogen-bond acceptors (Lipinski definition) is 6. The summed E-state index contributed by atoms with van der Waals surface area (Å²) >= 11 is 5.92. The van der Waals surface area contributed by atoms with Crippen LogP contribution in [0.4, 0.5) is 5.95 Å². The summed E-state index contributed by atoms with van der Waals surface area (Å²) in [5, 5.41) is 0.500. The molecule has 1 saturated heterocycles. The van der Waals surface area contributed by atoms with Crippen LogP contribution in [0.3, 0.4) is 0 Å². The number of benzene rings is 1. The van der Waals surface area contributed by atoms with Crippen molar-refractivity contribution in [3.8, 4) is 0 Å². The number of amides is 1. The van der Waals surface area contributed by atoms with Crippen molar-refractivity contribution in [3.63, 3.8) is 0 Å². The minimum atomic E-state index is -0.480. The van der Waals surface area contributed by atoms with Crippen LogP contribution < -0.4 is 10.7 Å². The molecule has 3 heterocycles. The van der Waals surface area contributed by atoms with Gasteiger partial charge in [0.2, 0.25) is 11.9 Å². The summed E-state index contributed by atoms with van der Waals surface area (Å²) in [6.07, 6.45) is 3.65. The molecule has 0 saturated carbocycles. The van der Waals surface area contributed by atoms with E-state index in [9.17, 15) is 9.59 Å². The number of hydrogen-bond donors (Lipinski definition) is 0. The summed E-state index contributed by atoms with van der Waals surface area (Å²) in [5.41, 5.74) is 1.07. The molecule has 1 aliphatic heterocycles. The van der Waals surface area contributed by atoms with Crippen molar-refractivity contribution in [2.45, 2.75) is 13.0 Å². The number of aromatic nitrogens is 3. The van der Waals surface area contributed by atoms with Crippen LogP contribution in [0.15, 0.2) is 45.9 Å². The number of rotatable bonds is 4. The van der Waals surface area contributed by atoms with Crippen LogP contribution in [0.5, 0.6) is 0 Å². The summed E-state index contributed by atoms with van der Waals surface area (Å²) < 4.78 is 6.67. The molecular weight excluding hydrogens is 370 g/mol. The van der Waals surface area contributed by atoms with E-state index in [1.165, 1.54) is 4.57 Å². The lowest BCUT2D eigenvalue weighted by Gasteiger charge is -2.34. The molecule has 0 aliphatic carbocycles. The van der Waals surface area contributed by atoms with E-state index in [1.807, 2.05) is 4.90 Å². The first-order valence-electron chi connectivity index (χ1n) is 8.70. The molecule has 1 fully saturated rings. The Labute approximate surface area is 160 Å². The minimum absolute atomic E-state index is 0.0128. The van der Waals surface area contributed by atoms with Crippen LogP contribution in [0.1, 0.15) is 6.42 Å². The number of carbonyl (C=O) groups is 1. The van der Waals surface area contributed by atoms with Gasteiger partial charge < -0.3 is 14.2 Å². The first-order chi connectivity index (χ1) is 13.1. The maximum Gasteiger partial charge on any atom is 0.419 e. The molecule has 1 aromatic carbocycles. The summed E-state index contributed by atoms with van der Waals surface area (Å²) in [7, 11) is 0. The van der Waals surface area contributed by atoms with Crippen LogP contribution in [0.25, 0.3) is 11.1 Å². The Morgan fingerprint density at radius 2 is 1.89 bits per heavy atom. The summed E-state index contributed by atoms with van der Waals surface area (Å²) in [4.78, 5) is 36.9. The molecule has 0 unspecified atom stereocenters. The Bertz CT molecular complexity index is 1010. The maximum atomic E-state index is 12.5. The van der Waals surface area contributed by atoms with E-state index in [1.54, 1.807) is 36.7 Å². The highest BCUT2D eigenvalue weighted by atomic mass is 35.5. The Hall–Kier alpha value is -2.87. The van der Waals surface area contributed by atoms with Gasteiger partial charge in [-0.3, -0.25) is 9.36 Å². The van der Waals surface area contributed by atoms with Crippen molar-refractivity contribution in [3.05, 3.63) is 52.2 Å². The highest BCUT2D eigenvalue weighted by Crippen LogP contribution is 2.19. The van der Waals surface area contributed by atoms with Crippen molar-refractivity contribution in [2.24, 2.45) is 0 Å². The van der Waals surface area contributed by atoms with Gasteiger partial charge in [-0.15, -0.1) is 0 Å². The van der Waals surface area contributed by atoms with Gasteiger partial charge in [-0.05, 0) is 18.2 Å². The molecule has 0 atom stereocenters. The average Bonchev–Trinajstić information content (AvgIpc) is 3.01. The predicted molar refractivity (Wildman–Crippen MR) is 101 cm³/mol. The van der Waals surface area contributed by atoms with E-state index in [0.717, 1.165) is 0 Å². The van der Waals surface area contributed by atoms with Crippen LogP contribution in [-0.4, -0.2) is 51.5 Å². The third-order valence-electron chi connectivity index (χ3n) is 4.65. The molecular formula is C18H18ClN5O3. The largest absolute Gasteiger partial charge is 0.419 e. The molecule has 3 aromatic rings. The van der Waals surface area contributed by atoms with E-state index < -0.39 is 5.76 Å². The second-order valence-corrected chi connectivity index (χ2v) is 6.73. The van der Waals surface area contributed by atoms with Gasteiger partial charge in [0.1, 0.15) is 0 Å². The van der Waals surface area contributed by atoms with Gasteiger partial charge in [-0.25, -0.2) is 14.8 Å².